The number of aromatic nitrogens is 1. The first-order valence-corrected chi connectivity index (χ1v) is 9.19. The maximum atomic E-state index is 12.6. The first-order chi connectivity index (χ1) is 13.4. The predicted molar refractivity (Wildman–Crippen MR) is 110 cm³/mol. The van der Waals surface area contributed by atoms with Gasteiger partial charge in [0.05, 0.1) is 16.8 Å². The summed E-state index contributed by atoms with van der Waals surface area (Å²) < 4.78 is 5.41. The summed E-state index contributed by atoms with van der Waals surface area (Å²) >= 11 is 6.21. The van der Waals surface area contributed by atoms with E-state index >= 15 is 0 Å². The number of urea groups is 1. The first-order valence-electron chi connectivity index (χ1n) is 8.82. The zero-order valence-electron chi connectivity index (χ0n) is 15.5. The van der Waals surface area contributed by atoms with Crippen molar-refractivity contribution in [2.24, 2.45) is 0 Å². The highest BCUT2D eigenvalue weighted by Crippen LogP contribution is 2.22. The topological polar surface area (TPSA) is 80.3 Å². The molecule has 0 aliphatic rings. The average molecular weight is 398 g/mol. The molecule has 144 valence electrons. The average Bonchev–Trinajstić information content (AvgIpc) is 2.65. The molecule has 1 heterocycles. The minimum atomic E-state index is -0.565. The van der Waals surface area contributed by atoms with Gasteiger partial charge in [-0.05, 0) is 38.1 Å². The summed E-state index contributed by atoms with van der Waals surface area (Å²) in [6, 6.07) is 15.6. The van der Waals surface area contributed by atoms with Gasteiger partial charge in [-0.3, -0.25) is 0 Å². The largest absolute Gasteiger partial charge is 0.457 e. The number of ether oxygens (including phenoxy) is 1. The van der Waals surface area contributed by atoms with Crippen molar-refractivity contribution in [1.82, 2.24) is 10.3 Å². The van der Waals surface area contributed by atoms with Crippen LogP contribution in [0.25, 0.3) is 10.9 Å². The molecule has 0 saturated heterocycles. The van der Waals surface area contributed by atoms with Gasteiger partial charge < -0.3 is 15.4 Å². The maximum absolute atomic E-state index is 12.6. The van der Waals surface area contributed by atoms with Crippen LogP contribution in [0.1, 0.15) is 29.8 Å². The third-order valence-corrected chi connectivity index (χ3v) is 4.25. The van der Waals surface area contributed by atoms with Gasteiger partial charge in [0.2, 0.25) is 0 Å². The second-order valence-corrected chi connectivity index (χ2v) is 6.86. The number of nitrogens with zero attached hydrogens (tertiary/aromatic N) is 1. The lowest BCUT2D eigenvalue weighted by atomic mass is 10.1. The number of halogens is 1. The van der Waals surface area contributed by atoms with Crippen LogP contribution in [0.5, 0.6) is 0 Å². The molecular formula is C21H20ClN3O3. The molecule has 28 heavy (non-hydrogen) atoms. The summed E-state index contributed by atoms with van der Waals surface area (Å²) in [5.74, 6) is -0.565. The van der Waals surface area contributed by atoms with E-state index in [1.165, 1.54) is 0 Å². The summed E-state index contributed by atoms with van der Waals surface area (Å²) in [7, 11) is 0. The standard InChI is InChI=1S/C21H20ClN3O3/c1-13(2)23-21(27)25-18-10-6-4-8-16(18)20(26)28-12-15-11-14-7-3-5-9-17(14)24-19(15)22/h3-11,13H,12H2,1-2H3,(H2,23,25,27). The van der Waals surface area contributed by atoms with Crippen molar-refractivity contribution in [3.8, 4) is 0 Å². The van der Waals surface area contributed by atoms with Gasteiger partial charge in [0.25, 0.3) is 0 Å². The Morgan fingerprint density at radius 1 is 1.11 bits per heavy atom. The molecule has 0 aliphatic heterocycles. The number of carbonyl (C=O) groups excluding carboxylic acids is 2. The van der Waals surface area contributed by atoms with Crippen molar-refractivity contribution in [2.75, 3.05) is 5.32 Å². The molecular weight excluding hydrogens is 378 g/mol. The molecule has 2 N–H and O–H groups in total. The van der Waals surface area contributed by atoms with Crippen LogP contribution in [0.3, 0.4) is 0 Å². The van der Waals surface area contributed by atoms with Gasteiger partial charge in [0.15, 0.2) is 0 Å². The van der Waals surface area contributed by atoms with E-state index < -0.39 is 12.0 Å². The van der Waals surface area contributed by atoms with Gasteiger partial charge in [0.1, 0.15) is 11.8 Å². The Morgan fingerprint density at radius 3 is 2.61 bits per heavy atom. The summed E-state index contributed by atoms with van der Waals surface area (Å²) in [5.41, 5.74) is 2.00. The molecule has 3 rings (SSSR count). The fraction of sp³-hybridized carbons (Fsp3) is 0.190. The van der Waals surface area contributed by atoms with Crippen LogP contribution in [-0.4, -0.2) is 23.0 Å². The fourth-order valence-corrected chi connectivity index (χ4v) is 2.85. The Labute approximate surface area is 167 Å². The number of amides is 2. The number of hydrogen-bond donors (Lipinski definition) is 2. The second-order valence-electron chi connectivity index (χ2n) is 6.51. The third kappa shape index (κ3) is 4.78. The van der Waals surface area contributed by atoms with Crippen LogP contribution in [0.15, 0.2) is 54.6 Å². The summed E-state index contributed by atoms with van der Waals surface area (Å²) in [4.78, 5) is 28.8. The molecule has 0 saturated carbocycles. The molecule has 6 nitrogen and oxygen atoms in total. The van der Waals surface area contributed by atoms with Crippen molar-refractivity contribution in [3.63, 3.8) is 0 Å². The van der Waals surface area contributed by atoms with Gasteiger partial charge in [-0.25, -0.2) is 14.6 Å². The number of benzene rings is 2. The van der Waals surface area contributed by atoms with E-state index in [0.29, 0.717) is 11.3 Å². The third-order valence-electron chi connectivity index (χ3n) is 3.92. The van der Waals surface area contributed by atoms with E-state index in [1.54, 1.807) is 24.3 Å². The molecule has 0 aliphatic carbocycles. The number of esters is 1. The highest BCUT2D eigenvalue weighted by molar-refractivity contribution is 6.30. The Balaban J connectivity index is 1.73. The van der Waals surface area contributed by atoms with E-state index in [1.807, 2.05) is 44.2 Å². The minimum Gasteiger partial charge on any atom is -0.457 e. The quantitative estimate of drug-likeness (QED) is 0.479. The van der Waals surface area contributed by atoms with Crippen molar-refractivity contribution in [1.29, 1.82) is 0 Å². The summed E-state index contributed by atoms with van der Waals surface area (Å²) in [5, 5.41) is 6.57. The number of fused-ring (bicyclic) bond motifs is 1. The number of nitrogens with one attached hydrogen (secondary N) is 2. The molecule has 3 aromatic rings. The minimum absolute atomic E-state index is 0.0258. The van der Waals surface area contributed by atoms with Gasteiger partial charge in [-0.2, -0.15) is 0 Å². The number of carbonyl (C=O) groups is 2. The summed E-state index contributed by atoms with van der Waals surface area (Å²) in [6.07, 6.45) is 0. The van der Waals surface area contributed by atoms with Crippen molar-refractivity contribution in [3.05, 3.63) is 70.9 Å². The number of hydrogen-bond acceptors (Lipinski definition) is 4. The smallest absolute Gasteiger partial charge is 0.340 e. The molecule has 2 amide bonds. The first kappa shape index (κ1) is 19.6. The van der Waals surface area contributed by atoms with E-state index in [9.17, 15) is 9.59 Å². The zero-order chi connectivity index (χ0) is 20.1. The molecule has 7 heteroatoms. The van der Waals surface area contributed by atoms with Crippen LogP contribution in [-0.2, 0) is 11.3 Å². The van der Waals surface area contributed by atoms with Crippen LogP contribution < -0.4 is 10.6 Å². The number of pyridine rings is 1. The predicted octanol–water partition coefficient (Wildman–Crippen LogP) is 4.78. The molecule has 2 aromatic carbocycles. The van der Waals surface area contributed by atoms with Crippen LogP contribution in [0.2, 0.25) is 5.15 Å². The lowest BCUT2D eigenvalue weighted by Crippen LogP contribution is -2.34. The fourth-order valence-electron chi connectivity index (χ4n) is 2.65. The molecule has 1 aromatic heterocycles. The van der Waals surface area contributed by atoms with Gasteiger partial charge in [-0.1, -0.05) is 41.9 Å². The highest BCUT2D eigenvalue weighted by atomic mass is 35.5. The van der Waals surface area contributed by atoms with E-state index in [2.05, 4.69) is 15.6 Å². The van der Waals surface area contributed by atoms with Crippen LogP contribution >= 0.6 is 11.6 Å². The van der Waals surface area contributed by atoms with E-state index in [0.717, 1.165) is 10.9 Å². The Hall–Kier alpha value is -3.12. The zero-order valence-corrected chi connectivity index (χ0v) is 16.3. The van der Waals surface area contributed by atoms with Gasteiger partial charge in [0, 0.05) is 17.0 Å². The molecule has 0 fully saturated rings. The molecule has 0 spiro atoms. The number of anilines is 1. The Morgan fingerprint density at radius 2 is 1.82 bits per heavy atom. The van der Waals surface area contributed by atoms with Gasteiger partial charge in [-0.15, -0.1) is 0 Å². The van der Waals surface area contributed by atoms with Crippen LogP contribution in [0.4, 0.5) is 10.5 Å². The lowest BCUT2D eigenvalue weighted by Gasteiger charge is -2.13. The Bertz CT molecular complexity index is 1020. The maximum Gasteiger partial charge on any atom is 0.340 e. The highest BCUT2D eigenvalue weighted by Gasteiger charge is 2.16. The van der Waals surface area contributed by atoms with Crippen molar-refractivity contribution in [2.45, 2.75) is 26.5 Å². The molecule has 0 radical (unpaired) electrons. The normalized spacial score (nSPS) is 10.7. The second kappa shape index (κ2) is 8.71. The molecule has 0 unspecified atom stereocenters. The van der Waals surface area contributed by atoms with Crippen LogP contribution in [0, 0.1) is 0 Å². The SMILES string of the molecule is CC(C)NC(=O)Nc1ccccc1C(=O)OCc1cc2ccccc2nc1Cl. The number of para-hydroxylation sites is 2. The van der Waals surface area contributed by atoms with Crippen molar-refractivity contribution >= 4 is 40.2 Å². The Kier molecular flexibility index (Phi) is 6.11. The molecule has 0 atom stereocenters. The summed E-state index contributed by atoms with van der Waals surface area (Å²) in [6.45, 7) is 3.67. The van der Waals surface area contributed by atoms with E-state index in [4.69, 9.17) is 16.3 Å². The number of rotatable bonds is 5. The lowest BCUT2D eigenvalue weighted by molar-refractivity contribution is 0.0474. The molecule has 0 bridgehead atoms. The van der Waals surface area contributed by atoms with Gasteiger partial charge >= 0.3 is 12.0 Å². The van der Waals surface area contributed by atoms with Crippen molar-refractivity contribution < 1.29 is 14.3 Å². The van der Waals surface area contributed by atoms with E-state index in [-0.39, 0.29) is 23.4 Å². The monoisotopic (exact) mass is 397 g/mol.